The van der Waals surface area contributed by atoms with Crippen LogP contribution in [0, 0.1) is 0 Å². The van der Waals surface area contributed by atoms with Crippen molar-refractivity contribution in [1.29, 1.82) is 0 Å². The molecule has 1 atom stereocenters. The van der Waals surface area contributed by atoms with Crippen LogP contribution in [-0.2, 0) is 9.53 Å². The van der Waals surface area contributed by atoms with Gasteiger partial charge in [-0.1, -0.05) is 15.9 Å². The average molecular weight is 410 g/mol. The number of benzene rings is 1. The van der Waals surface area contributed by atoms with E-state index in [1.165, 1.54) is 4.90 Å². The van der Waals surface area contributed by atoms with E-state index in [-0.39, 0.29) is 29.1 Å². The van der Waals surface area contributed by atoms with E-state index in [0.29, 0.717) is 19.8 Å². The van der Waals surface area contributed by atoms with Gasteiger partial charge < -0.3 is 15.4 Å². The highest BCUT2D eigenvalue weighted by Crippen LogP contribution is 2.32. The minimum absolute atomic E-state index is 0. The number of rotatable bonds is 5. The predicted molar refractivity (Wildman–Crippen MR) is 96.9 cm³/mol. The molecule has 1 aromatic carbocycles. The number of nitrogens with one attached hydrogen (secondary N) is 2. The van der Waals surface area contributed by atoms with Crippen molar-refractivity contribution in [2.24, 2.45) is 0 Å². The molecular formula is C15H22BrClN2O2S. The molecule has 1 aliphatic heterocycles. The van der Waals surface area contributed by atoms with Crippen molar-refractivity contribution in [3.05, 3.63) is 28.7 Å². The average Bonchev–Trinajstić information content (AvgIpc) is 2.48. The van der Waals surface area contributed by atoms with Crippen LogP contribution in [0.1, 0.15) is 13.8 Å². The SMILES string of the molecule is CC(C)(CNC(=O)C1COCCN1)Sc1ccc(Br)cc1.Cl. The summed E-state index contributed by atoms with van der Waals surface area (Å²) >= 11 is 5.19. The first kappa shape index (κ1) is 19.8. The Hall–Kier alpha value is -0.270. The van der Waals surface area contributed by atoms with Crippen molar-refractivity contribution in [3.63, 3.8) is 0 Å². The van der Waals surface area contributed by atoms with Crippen LogP contribution in [0.2, 0.25) is 0 Å². The topological polar surface area (TPSA) is 50.4 Å². The maximum absolute atomic E-state index is 12.1. The van der Waals surface area contributed by atoms with E-state index in [2.05, 4.69) is 52.5 Å². The molecule has 2 rings (SSSR count). The Morgan fingerprint density at radius 2 is 2.14 bits per heavy atom. The molecule has 2 N–H and O–H groups in total. The number of hydrogen-bond donors (Lipinski definition) is 2. The highest BCUT2D eigenvalue weighted by atomic mass is 79.9. The lowest BCUT2D eigenvalue weighted by Gasteiger charge is -2.27. The zero-order valence-electron chi connectivity index (χ0n) is 12.7. The zero-order valence-corrected chi connectivity index (χ0v) is 15.9. The summed E-state index contributed by atoms with van der Waals surface area (Å²) in [6, 6.07) is 7.98. The third-order valence-corrected chi connectivity index (χ3v) is 4.87. The van der Waals surface area contributed by atoms with E-state index >= 15 is 0 Å². The van der Waals surface area contributed by atoms with Gasteiger partial charge in [0.1, 0.15) is 6.04 Å². The Kier molecular flexibility index (Phi) is 8.21. The van der Waals surface area contributed by atoms with Gasteiger partial charge in [0.15, 0.2) is 0 Å². The number of carbonyl (C=O) groups is 1. The van der Waals surface area contributed by atoms with Crippen LogP contribution in [-0.4, -0.2) is 43.0 Å². The normalized spacial score (nSPS) is 18.4. The predicted octanol–water partition coefficient (Wildman–Crippen LogP) is 2.85. The molecule has 0 aliphatic carbocycles. The lowest BCUT2D eigenvalue weighted by atomic mass is 10.2. The second-order valence-corrected chi connectivity index (χ2v) is 8.31. The summed E-state index contributed by atoms with van der Waals surface area (Å²) in [4.78, 5) is 13.3. The highest BCUT2D eigenvalue weighted by Gasteiger charge is 2.25. The summed E-state index contributed by atoms with van der Waals surface area (Å²) in [6.45, 7) is 6.73. The Balaban J connectivity index is 0.00000242. The minimum atomic E-state index is -0.229. The molecule has 124 valence electrons. The fourth-order valence-corrected chi connectivity index (χ4v) is 3.33. The quantitative estimate of drug-likeness (QED) is 0.734. The van der Waals surface area contributed by atoms with E-state index in [9.17, 15) is 4.79 Å². The fraction of sp³-hybridized carbons (Fsp3) is 0.533. The molecule has 0 radical (unpaired) electrons. The summed E-state index contributed by atoms with van der Waals surface area (Å²) in [5.74, 6) is 0.0131. The van der Waals surface area contributed by atoms with Crippen molar-refractivity contribution >= 4 is 46.0 Å². The van der Waals surface area contributed by atoms with Gasteiger partial charge in [0.05, 0.1) is 13.2 Å². The van der Waals surface area contributed by atoms with Crippen LogP contribution < -0.4 is 10.6 Å². The number of carbonyl (C=O) groups excluding carboxylic acids is 1. The number of hydrogen-bond acceptors (Lipinski definition) is 4. The molecule has 1 saturated heterocycles. The van der Waals surface area contributed by atoms with Crippen molar-refractivity contribution in [3.8, 4) is 0 Å². The first-order valence-corrected chi connectivity index (χ1v) is 8.61. The van der Waals surface area contributed by atoms with Crippen molar-refractivity contribution in [2.45, 2.75) is 29.5 Å². The number of halogens is 2. The lowest BCUT2D eigenvalue weighted by molar-refractivity contribution is -0.125. The third-order valence-electron chi connectivity index (χ3n) is 3.13. The van der Waals surface area contributed by atoms with Crippen molar-refractivity contribution < 1.29 is 9.53 Å². The second-order valence-electron chi connectivity index (χ2n) is 5.62. The van der Waals surface area contributed by atoms with E-state index in [0.717, 1.165) is 11.0 Å². The standard InChI is InChI=1S/C15H21BrN2O2S.ClH/c1-15(2,21-12-5-3-11(16)4-6-12)10-18-14(19)13-9-20-8-7-17-13;/h3-6,13,17H,7-10H2,1-2H3,(H,18,19);1H. The fourth-order valence-electron chi connectivity index (χ4n) is 2.01. The van der Waals surface area contributed by atoms with Gasteiger partial charge in [-0.15, -0.1) is 24.2 Å². The molecule has 0 bridgehead atoms. The van der Waals surface area contributed by atoms with Crippen LogP contribution in [0.3, 0.4) is 0 Å². The Morgan fingerprint density at radius 1 is 1.45 bits per heavy atom. The molecule has 7 heteroatoms. The molecule has 1 heterocycles. The molecule has 0 aromatic heterocycles. The van der Waals surface area contributed by atoms with Gasteiger partial charge in [-0.25, -0.2) is 0 Å². The van der Waals surface area contributed by atoms with Crippen LogP contribution >= 0.6 is 40.1 Å². The molecule has 1 amide bonds. The molecule has 1 unspecified atom stereocenters. The Morgan fingerprint density at radius 3 is 2.73 bits per heavy atom. The highest BCUT2D eigenvalue weighted by molar-refractivity contribution is 9.10. The number of thioether (sulfide) groups is 1. The first-order valence-electron chi connectivity index (χ1n) is 7.00. The summed E-state index contributed by atoms with van der Waals surface area (Å²) in [7, 11) is 0. The number of amides is 1. The van der Waals surface area contributed by atoms with E-state index in [1.807, 2.05) is 12.1 Å². The largest absolute Gasteiger partial charge is 0.378 e. The van der Waals surface area contributed by atoms with Gasteiger partial charge in [-0.2, -0.15) is 0 Å². The van der Waals surface area contributed by atoms with Gasteiger partial charge in [-0.3, -0.25) is 4.79 Å². The smallest absolute Gasteiger partial charge is 0.239 e. The lowest BCUT2D eigenvalue weighted by Crippen LogP contribution is -2.52. The van der Waals surface area contributed by atoms with Crippen LogP contribution in [0.25, 0.3) is 0 Å². The summed E-state index contributed by atoms with van der Waals surface area (Å²) in [6.07, 6.45) is 0. The Labute approximate surface area is 150 Å². The maximum atomic E-state index is 12.1. The molecule has 1 fully saturated rings. The monoisotopic (exact) mass is 408 g/mol. The van der Waals surface area contributed by atoms with E-state index in [1.54, 1.807) is 11.8 Å². The van der Waals surface area contributed by atoms with Gasteiger partial charge in [0.2, 0.25) is 5.91 Å². The van der Waals surface area contributed by atoms with Gasteiger partial charge in [0.25, 0.3) is 0 Å². The molecule has 4 nitrogen and oxygen atoms in total. The molecular weight excluding hydrogens is 388 g/mol. The van der Waals surface area contributed by atoms with Gasteiger partial charge >= 0.3 is 0 Å². The van der Waals surface area contributed by atoms with E-state index in [4.69, 9.17) is 4.74 Å². The zero-order chi connectivity index (χ0) is 15.3. The van der Waals surface area contributed by atoms with Crippen LogP contribution in [0.15, 0.2) is 33.6 Å². The van der Waals surface area contributed by atoms with Crippen molar-refractivity contribution in [1.82, 2.24) is 10.6 Å². The second kappa shape index (κ2) is 9.13. The maximum Gasteiger partial charge on any atom is 0.239 e. The van der Waals surface area contributed by atoms with Gasteiger partial charge in [-0.05, 0) is 38.1 Å². The number of morpholine rings is 1. The summed E-state index contributed by atoms with van der Waals surface area (Å²) in [5, 5.41) is 6.17. The van der Waals surface area contributed by atoms with E-state index < -0.39 is 0 Å². The molecule has 0 spiro atoms. The Bertz CT molecular complexity index is 479. The first-order chi connectivity index (χ1) is 9.96. The molecule has 22 heavy (non-hydrogen) atoms. The van der Waals surface area contributed by atoms with Crippen molar-refractivity contribution in [2.75, 3.05) is 26.3 Å². The van der Waals surface area contributed by atoms with Gasteiger partial charge in [0, 0.05) is 27.2 Å². The molecule has 0 saturated carbocycles. The molecule has 1 aliphatic rings. The summed E-state index contributed by atoms with van der Waals surface area (Å²) < 4.78 is 6.31. The minimum Gasteiger partial charge on any atom is -0.378 e. The molecule has 1 aromatic rings. The third kappa shape index (κ3) is 6.46. The van der Waals surface area contributed by atoms with Crippen LogP contribution in [0.4, 0.5) is 0 Å². The van der Waals surface area contributed by atoms with Crippen LogP contribution in [0.5, 0.6) is 0 Å². The number of ether oxygens (including phenoxy) is 1. The summed E-state index contributed by atoms with van der Waals surface area (Å²) in [5.41, 5.74) is 0.